The van der Waals surface area contributed by atoms with Gasteiger partial charge in [-0.25, -0.2) is 4.39 Å². The number of benzene rings is 3. The Kier molecular flexibility index (Phi) is 13.6. The third-order valence-electron chi connectivity index (χ3n) is 8.32. The van der Waals surface area contributed by atoms with Crippen LogP contribution in [0.3, 0.4) is 0 Å². The molecule has 1 heterocycles. The van der Waals surface area contributed by atoms with Gasteiger partial charge >= 0.3 is 6.18 Å². The predicted octanol–water partition coefficient (Wildman–Crippen LogP) is 9.38. The second-order valence-electron chi connectivity index (χ2n) is 11.7. The number of unbranched alkanes of at least 4 members (excludes halogenated alkanes) is 7. The molecule has 0 aliphatic heterocycles. The Morgan fingerprint density at radius 2 is 1.42 bits per heavy atom. The molecule has 5 nitrogen and oxygen atoms in total. The van der Waals surface area contributed by atoms with Gasteiger partial charge in [-0.05, 0) is 55.0 Å². The Labute approximate surface area is 263 Å². The van der Waals surface area contributed by atoms with E-state index in [0.29, 0.717) is 17.7 Å². The van der Waals surface area contributed by atoms with Gasteiger partial charge in [-0.3, -0.25) is 4.90 Å². The van der Waals surface area contributed by atoms with Gasteiger partial charge in [0, 0.05) is 36.7 Å². The predicted molar refractivity (Wildman–Crippen MR) is 171 cm³/mol. The number of halogens is 4. The molecule has 1 aromatic heterocycles. The van der Waals surface area contributed by atoms with Crippen molar-refractivity contribution in [3.05, 3.63) is 96.1 Å². The standard InChI is InChI=1S/C36H44F4N4O/c37-34-24-31(35-42-27-45-43-35)19-20-32(34)26-44(33(25-41)21-22-36(38,39)40)23-11-6-4-2-1-3-5-8-12-28-15-17-30(18-16-28)29-13-9-7-10-14-29/h7,9-10,13-20,24,27,33H,1-6,8,11-12,21-23,25-26,41H2/t33-/m1/s1. The Balaban J connectivity index is 1.16. The number of rotatable bonds is 19. The van der Waals surface area contributed by atoms with Crippen LogP contribution >= 0.6 is 0 Å². The van der Waals surface area contributed by atoms with Crippen LogP contribution in [-0.4, -0.2) is 40.3 Å². The molecule has 0 aliphatic carbocycles. The molecule has 1 atom stereocenters. The van der Waals surface area contributed by atoms with Gasteiger partial charge in [0.2, 0.25) is 12.2 Å². The highest BCUT2D eigenvalue weighted by Gasteiger charge is 2.30. The molecule has 242 valence electrons. The second-order valence-corrected chi connectivity index (χ2v) is 11.7. The minimum Gasteiger partial charge on any atom is -0.342 e. The molecule has 0 saturated heterocycles. The molecule has 9 heteroatoms. The SMILES string of the molecule is NC[C@@H](CCC(F)(F)F)N(CCCCCCCCCCc1ccc(-c2ccccc2)cc1)Cc1ccc(-c2ncon2)cc1F. The van der Waals surface area contributed by atoms with Crippen LogP contribution in [0.5, 0.6) is 0 Å². The van der Waals surface area contributed by atoms with E-state index in [0.717, 1.165) is 32.1 Å². The zero-order valence-electron chi connectivity index (χ0n) is 25.8. The van der Waals surface area contributed by atoms with E-state index in [-0.39, 0.29) is 25.3 Å². The molecule has 0 aliphatic rings. The van der Waals surface area contributed by atoms with Crippen LogP contribution in [-0.2, 0) is 13.0 Å². The lowest BCUT2D eigenvalue weighted by molar-refractivity contribution is -0.138. The first-order chi connectivity index (χ1) is 21.8. The molecule has 0 bridgehead atoms. The van der Waals surface area contributed by atoms with E-state index in [4.69, 9.17) is 10.3 Å². The lowest BCUT2D eigenvalue weighted by atomic mass is 10.0. The number of hydrogen-bond acceptors (Lipinski definition) is 5. The van der Waals surface area contributed by atoms with Crippen molar-refractivity contribution in [2.24, 2.45) is 5.73 Å². The van der Waals surface area contributed by atoms with Crippen LogP contribution < -0.4 is 5.73 Å². The summed E-state index contributed by atoms with van der Waals surface area (Å²) in [6, 6.07) is 23.4. The van der Waals surface area contributed by atoms with Crippen molar-refractivity contribution in [1.82, 2.24) is 15.0 Å². The number of nitrogens with zero attached hydrogens (tertiary/aromatic N) is 3. The molecular formula is C36H44F4N4O. The molecule has 2 N–H and O–H groups in total. The van der Waals surface area contributed by atoms with Crippen LogP contribution in [0.15, 0.2) is 83.7 Å². The van der Waals surface area contributed by atoms with Crippen molar-refractivity contribution in [2.75, 3.05) is 13.1 Å². The zero-order valence-corrected chi connectivity index (χ0v) is 25.8. The fourth-order valence-corrected chi connectivity index (χ4v) is 5.70. The first-order valence-corrected chi connectivity index (χ1v) is 16.0. The van der Waals surface area contributed by atoms with E-state index in [2.05, 4.69) is 58.7 Å². The molecule has 0 saturated carbocycles. The molecule has 4 rings (SSSR count). The monoisotopic (exact) mass is 624 g/mol. The summed E-state index contributed by atoms with van der Waals surface area (Å²) >= 11 is 0. The average Bonchev–Trinajstić information content (AvgIpc) is 3.58. The number of nitrogens with two attached hydrogens (primary N) is 1. The average molecular weight is 625 g/mol. The van der Waals surface area contributed by atoms with Gasteiger partial charge in [0.1, 0.15) is 5.82 Å². The maximum atomic E-state index is 15.0. The summed E-state index contributed by atoms with van der Waals surface area (Å²) in [5.74, 6) is -0.186. The first-order valence-electron chi connectivity index (χ1n) is 16.0. The highest BCUT2D eigenvalue weighted by atomic mass is 19.4. The topological polar surface area (TPSA) is 68.2 Å². The first kappa shape index (κ1) is 34.3. The largest absolute Gasteiger partial charge is 0.389 e. The highest BCUT2D eigenvalue weighted by molar-refractivity contribution is 5.63. The molecule has 0 spiro atoms. The van der Waals surface area contributed by atoms with Crippen LogP contribution in [0.25, 0.3) is 22.5 Å². The van der Waals surface area contributed by atoms with Crippen molar-refractivity contribution in [1.29, 1.82) is 0 Å². The molecule has 45 heavy (non-hydrogen) atoms. The minimum atomic E-state index is -4.26. The van der Waals surface area contributed by atoms with Crippen LogP contribution in [0.2, 0.25) is 0 Å². The van der Waals surface area contributed by atoms with E-state index in [9.17, 15) is 13.2 Å². The van der Waals surface area contributed by atoms with E-state index >= 15 is 4.39 Å². The highest BCUT2D eigenvalue weighted by Crippen LogP contribution is 2.26. The summed E-state index contributed by atoms with van der Waals surface area (Å²) in [7, 11) is 0. The fraction of sp³-hybridized carbons (Fsp3) is 0.444. The van der Waals surface area contributed by atoms with Gasteiger partial charge in [0.15, 0.2) is 0 Å². The summed E-state index contributed by atoms with van der Waals surface area (Å²) in [4.78, 5) is 5.85. The smallest absolute Gasteiger partial charge is 0.342 e. The van der Waals surface area contributed by atoms with Gasteiger partial charge in [0.05, 0.1) is 0 Å². The van der Waals surface area contributed by atoms with Crippen molar-refractivity contribution >= 4 is 0 Å². The second kappa shape index (κ2) is 17.8. The number of hydrogen-bond donors (Lipinski definition) is 1. The Hall–Kier alpha value is -3.56. The van der Waals surface area contributed by atoms with E-state index in [1.54, 1.807) is 12.1 Å². The number of aromatic nitrogens is 2. The Bertz CT molecular complexity index is 1380. The molecule has 3 aromatic carbocycles. The van der Waals surface area contributed by atoms with Gasteiger partial charge in [0.25, 0.3) is 0 Å². The Morgan fingerprint density at radius 1 is 0.778 bits per heavy atom. The maximum Gasteiger partial charge on any atom is 0.389 e. The summed E-state index contributed by atoms with van der Waals surface area (Å²) in [6.45, 7) is 0.831. The molecule has 4 aromatic rings. The van der Waals surface area contributed by atoms with Crippen LogP contribution in [0.1, 0.15) is 75.3 Å². The van der Waals surface area contributed by atoms with E-state index < -0.39 is 24.5 Å². The van der Waals surface area contributed by atoms with E-state index in [1.807, 2.05) is 11.0 Å². The molecular weight excluding hydrogens is 580 g/mol. The van der Waals surface area contributed by atoms with Crippen LogP contribution in [0.4, 0.5) is 17.6 Å². The molecule has 0 fully saturated rings. The third-order valence-corrected chi connectivity index (χ3v) is 8.32. The lowest BCUT2D eigenvalue weighted by Crippen LogP contribution is -2.41. The zero-order chi connectivity index (χ0) is 31.9. The molecule has 0 radical (unpaired) electrons. The summed E-state index contributed by atoms with van der Waals surface area (Å²) < 4.78 is 58.8. The normalized spacial score (nSPS) is 12.6. The number of aryl methyl sites for hydroxylation is 1. The summed E-state index contributed by atoms with van der Waals surface area (Å²) in [5, 5.41) is 3.73. The quantitative estimate of drug-likeness (QED) is 0.0832. The Morgan fingerprint density at radius 3 is 2.04 bits per heavy atom. The van der Waals surface area contributed by atoms with Gasteiger partial charge in [-0.1, -0.05) is 110 Å². The maximum absolute atomic E-state index is 15.0. The van der Waals surface area contributed by atoms with Gasteiger partial charge in [-0.2, -0.15) is 18.2 Å². The van der Waals surface area contributed by atoms with Gasteiger partial charge < -0.3 is 10.3 Å². The summed E-state index contributed by atoms with van der Waals surface area (Å²) in [5.41, 5.74) is 10.7. The van der Waals surface area contributed by atoms with Crippen LogP contribution in [0, 0.1) is 5.82 Å². The molecule has 0 amide bonds. The van der Waals surface area contributed by atoms with Crippen molar-refractivity contribution in [2.45, 2.75) is 89.4 Å². The van der Waals surface area contributed by atoms with Gasteiger partial charge in [-0.15, -0.1) is 0 Å². The van der Waals surface area contributed by atoms with Crippen molar-refractivity contribution < 1.29 is 22.1 Å². The van der Waals surface area contributed by atoms with E-state index in [1.165, 1.54) is 54.8 Å². The third kappa shape index (κ3) is 11.7. The molecule has 0 unspecified atom stereocenters. The van der Waals surface area contributed by atoms with Crippen molar-refractivity contribution in [3.63, 3.8) is 0 Å². The number of alkyl halides is 3. The fourth-order valence-electron chi connectivity index (χ4n) is 5.70. The minimum absolute atomic E-state index is 0.0792. The van der Waals surface area contributed by atoms with Crippen molar-refractivity contribution in [3.8, 4) is 22.5 Å². The lowest BCUT2D eigenvalue weighted by Gasteiger charge is -2.31. The summed E-state index contributed by atoms with van der Waals surface area (Å²) in [6.07, 6.45) is 5.70.